The van der Waals surface area contributed by atoms with Crippen LogP contribution in [0.1, 0.15) is 39.7 Å². The molecular formula is C19H20FNO3S. The molecule has 0 bridgehead atoms. The fourth-order valence-electron chi connectivity index (χ4n) is 3.12. The van der Waals surface area contributed by atoms with Gasteiger partial charge in [0, 0.05) is 4.88 Å². The van der Waals surface area contributed by atoms with E-state index in [1.165, 1.54) is 30.6 Å². The smallest absolute Gasteiger partial charge is 0.341 e. The van der Waals surface area contributed by atoms with Crippen LogP contribution in [0, 0.1) is 11.7 Å². The van der Waals surface area contributed by atoms with E-state index in [9.17, 15) is 14.0 Å². The fraction of sp³-hybridized carbons (Fsp3) is 0.368. The first-order valence-corrected chi connectivity index (χ1v) is 9.06. The summed E-state index contributed by atoms with van der Waals surface area (Å²) in [6, 6.07) is 5.82. The van der Waals surface area contributed by atoms with Crippen molar-refractivity contribution in [1.82, 2.24) is 0 Å². The molecule has 0 spiro atoms. The van der Waals surface area contributed by atoms with E-state index in [-0.39, 0.29) is 18.1 Å². The molecule has 1 amide bonds. The highest BCUT2D eigenvalue weighted by Crippen LogP contribution is 2.40. The molecule has 25 heavy (non-hydrogen) atoms. The summed E-state index contributed by atoms with van der Waals surface area (Å²) in [5.74, 6) is -0.413. The molecule has 1 atom stereocenters. The second-order valence-electron chi connectivity index (χ2n) is 6.40. The molecule has 0 fully saturated rings. The van der Waals surface area contributed by atoms with Crippen LogP contribution in [0.3, 0.4) is 0 Å². The number of hydrogen-bond acceptors (Lipinski definition) is 4. The summed E-state index contributed by atoms with van der Waals surface area (Å²) in [7, 11) is 1.35. The number of nitrogens with one attached hydrogen (secondary N) is 1. The zero-order valence-electron chi connectivity index (χ0n) is 14.2. The van der Waals surface area contributed by atoms with Crippen molar-refractivity contribution in [2.75, 3.05) is 12.4 Å². The summed E-state index contributed by atoms with van der Waals surface area (Å²) >= 11 is 1.46. The molecule has 2 aromatic rings. The Morgan fingerprint density at radius 3 is 2.72 bits per heavy atom. The van der Waals surface area contributed by atoms with Gasteiger partial charge in [0.1, 0.15) is 10.8 Å². The monoisotopic (exact) mass is 361 g/mol. The van der Waals surface area contributed by atoms with Crippen LogP contribution in [0.25, 0.3) is 0 Å². The number of anilines is 1. The number of fused-ring (bicyclic) bond motifs is 1. The Morgan fingerprint density at radius 1 is 1.32 bits per heavy atom. The summed E-state index contributed by atoms with van der Waals surface area (Å²) in [4.78, 5) is 25.7. The molecule has 1 aliphatic rings. The minimum absolute atomic E-state index is 0.125. The molecule has 1 unspecified atom stereocenters. The van der Waals surface area contributed by atoms with Crippen molar-refractivity contribution in [2.24, 2.45) is 5.92 Å². The SMILES string of the molecule is COC(=O)c1c(NC(=O)Cc2ccc(F)cc2)sc2c1CCC(C)C2. The van der Waals surface area contributed by atoms with E-state index in [1.54, 1.807) is 12.1 Å². The number of thiophene rings is 1. The zero-order chi connectivity index (χ0) is 18.0. The van der Waals surface area contributed by atoms with Crippen LogP contribution in [0.2, 0.25) is 0 Å². The number of methoxy groups -OCH3 is 1. The normalized spacial score (nSPS) is 16.2. The predicted molar refractivity (Wildman–Crippen MR) is 95.6 cm³/mol. The maximum Gasteiger partial charge on any atom is 0.341 e. The number of rotatable bonds is 4. The van der Waals surface area contributed by atoms with Gasteiger partial charge in [-0.3, -0.25) is 4.79 Å². The van der Waals surface area contributed by atoms with E-state index < -0.39 is 5.97 Å². The minimum atomic E-state index is -0.413. The van der Waals surface area contributed by atoms with E-state index in [4.69, 9.17) is 4.74 Å². The van der Waals surface area contributed by atoms with Crippen LogP contribution in [-0.2, 0) is 28.8 Å². The second-order valence-corrected chi connectivity index (χ2v) is 7.50. The number of carbonyl (C=O) groups excluding carboxylic acids is 2. The number of halogens is 1. The third-order valence-corrected chi connectivity index (χ3v) is 5.60. The van der Waals surface area contributed by atoms with Crippen LogP contribution >= 0.6 is 11.3 Å². The minimum Gasteiger partial charge on any atom is -0.465 e. The van der Waals surface area contributed by atoms with Gasteiger partial charge < -0.3 is 10.1 Å². The lowest BCUT2D eigenvalue weighted by molar-refractivity contribution is -0.115. The Labute approximate surface area is 150 Å². The van der Waals surface area contributed by atoms with Gasteiger partial charge in [0.25, 0.3) is 0 Å². The van der Waals surface area contributed by atoms with Gasteiger partial charge in [0.05, 0.1) is 19.1 Å². The number of esters is 1. The Bertz CT molecular complexity index is 798. The summed E-state index contributed by atoms with van der Waals surface area (Å²) < 4.78 is 17.9. The lowest BCUT2D eigenvalue weighted by Crippen LogP contribution is -2.17. The van der Waals surface area contributed by atoms with Gasteiger partial charge in [-0.2, -0.15) is 0 Å². The molecule has 0 aliphatic heterocycles. The molecule has 1 aromatic heterocycles. The number of amides is 1. The summed E-state index contributed by atoms with van der Waals surface area (Å²) in [6.45, 7) is 2.19. The van der Waals surface area contributed by atoms with Crippen LogP contribution in [0.4, 0.5) is 9.39 Å². The Balaban J connectivity index is 1.82. The summed E-state index contributed by atoms with van der Waals surface area (Å²) in [5.41, 5.74) is 2.21. The van der Waals surface area contributed by atoms with E-state index in [1.807, 2.05) is 0 Å². The largest absolute Gasteiger partial charge is 0.465 e. The van der Waals surface area contributed by atoms with Crippen LogP contribution in [0.5, 0.6) is 0 Å². The van der Waals surface area contributed by atoms with Gasteiger partial charge in [-0.05, 0) is 48.4 Å². The number of ether oxygens (including phenoxy) is 1. The van der Waals surface area contributed by atoms with Crippen molar-refractivity contribution in [1.29, 1.82) is 0 Å². The molecule has 0 radical (unpaired) electrons. The zero-order valence-corrected chi connectivity index (χ0v) is 15.0. The van der Waals surface area contributed by atoms with Gasteiger partial charge >= 0.3 is 5.97 Å². The molecule has 6 heteroatoms. The number of benzene rings is 1. The highest BCUT2D eigenvalue weighted by molar-refractivity contribution is 7.17. The van der Waals surface area contributed by atoms with Crippen molar-refractivity contribution in [3.05, 3.63) is 51.7 Å². The second kappa shape index (κ2) is 7.35. The fourth-order valence-corrected chi connectivity index (χ4v) is 4.53. The molecule has 1 aliphatic carbocycles. The average molecular weight is 361 g/mol. The van der Waals surface area contributed by atoms with Crippen molar-refractivity contribution in [3.63, 3.8) is 0 Å². The summed E-state index contributed by atoms with van der Waals surface area (Å²) in [5, 5.41) is 3.40. The first-order valence-electron chi connectivity index (χ1n) is 8.25. The van der Waals surface area contributed by atoms with E-state index in [0.29, 0.717) is 22.0 Å². The molecule has 132 valence electrons. The maximum atomic E-state index is 13.0. The van der Waals surface area contributed by atoms with Crippen LogP contribution < -0.4 is 5.32 Å². The van der Waals surface area contributed by atoms with Gasteiger partial charge in [-0.15, -0.1) is 11.3 Å². The molecule has 4 nitrogen and oxygen atoms in total. The van der Waals surface area contributed by atoms with Crippen molar-refractivity contribution < 1.29 is 18.7 Å². The molecule has 1 N–H and O–H groups in total. The first kappa shape index (κ1) is 17.6. The Hall–Kier alpha value is -2.21. The van der Waals surface area contributed by atoms with Crippen LogP contribution in [0.15, 0.2) is 24.3 Å². The van der Waals surface area contributed by atoms with Gasteiger partial charge in [0.15, 0.2) is 0 Å². The molecule has 0 saturated heterocycles. The lowest BCUT2D eigenvalue weighted by Gasteiger charge is -2.18. The topological polar surface area (TPSA) is 55.4 Å². The highest BCUT2D eigenvalue weighted by Gasteiger charge is 2.28. The first-order chi connectivity index (χ1) is 12.0. The Kier molecular flexibility index (Phi) is 5.18. The van der Waals surface area contributed by atoms with Crippen molar-refractivity contribution in [2.45, 2.75) is 32.6 Å². The van der Waals surface area contributed by atoms with Gasteiger partial charge in [-0.25, -0.2) is 9.18 Å². The Morgan fingerprint density at radius 2 is 2.04 bits per heavy atom. The molecule has 3 rings (SSSR count). The lowest BCUT2D eigenvalue weighted by atomic mass is 9.88. The van der Waals surface area contributed by atoms with E-state index in [0.717, 1.165) is 29.7 Å². The number of hydrogen-bond donors (Lipinski definition) is 1. The third-order valence-electron chi connectivity index (χ3n) is 4.43. The predicted octanol–water partition coefficient (Wildman–Crippen LogP) is 3.98. The highest BCUT2D eigenvalue weighted by atomic mass is 32.1. The molecular weight excluding hydrogens is 341 g/mol. The molecule has 1 heterocycles. The third kappa shape index (κ3) is 3.90. The quantitative estimate of drug-likeness (QED) is 0.838. The van der Waals surface area contributed by atoms with E-state index in [2.05, 4.69) is 12.2 Å². The van der Waals surface area contributed by atoms with Crippen molar-refractivity contribution in [3.8, 4) is 0 Å². The summed E-state index contributed by atoms with van der Waals surface area (Å²) in [6.07, 6.45) is 2.89. The van der Waals surface area contributed by atoms with E-state index >= 15 is 0 Å². The molecule has 1 aromatic carbocycles. The average Bonchev–Trinajstić information content (AvgIpc) is 2.92. The van der Waals surface area contributed by atoms with Gasteiger partial charge in [-0.1, -0.05) is 19.1 Å². The standard InChI is InChI=1S/C19H20FNO3S/c1-11-3-8-14-15(9-11)25-18(17(14)19(23)24-2)21-16(22)10-12-4-6-13(20)7-5-12/h4-7,11H,3,8-10H2,1-2H3,(H,21,22). The van der Waals surface area contributed by atoms with Crippen molar-refractivity contribution >= 4 is 28.2 Å². The van der Waals surface area contributed by atoms with Crippen LogP contribution in [-0.4, -0.2) is 19.0 Å². The number of carbonyl (C=O) groups is 2. The molecule has 0 saturated carbocycles. The maximum absolute atomic E-state index is 13.0. The van der Waals surface area contributed by atoms with Gasteiger partial charge in [0.2, 0.25) is 5.91 Å².